The summed E-state index contributed by atoms with van der Waals surface area (Å²) < 4.78 is 0. The Hall–Kier alpha value is -2.44. The molecule has 0 bridgehead atoms. The van der Waals surface area contributed by atoms with E-state index in [1.54, 1.807) is 29.3 Å². The van der Waals surface area contributed by atoms with Crippen LogP contribution < -0.4 is 10.6 Å². The molecule has 1 aromatic rings. The van der Waals surface area contributed by atoms with E-state index in [1.807, 2.05) is 0 Å². The summed E-state index contributed by atoms with van der Waals surface area (Å²) in [4.78, 5) is 43.1. The van der Waals surface area contributed by atoms with Crippen molar-refractivity contribution in [2.75, 3.05) is 18.4 Å². The molecule has 0 aromatic carbocycles. The van der Waals surface area contributed by atoms with Crippen LogP contribution >= 0.6 is 0 Å². The van der Waals surface area contributed by atoms with Gasteiger partial charge in [-0.15, -0.1) is 0 Å². The molecular weight excluding hydrogens is 368 g/mol. The molecule has 29 heavy (non-hydrogen) atoms. The maximum Gasteiger partial charge on any atom is 0.239 e. The molecule has 0 saturated heterocycles. The standard InChI is InChI=1S/C22H34N4O3/c1-17(2)13-15-24-21(28)16-26(18-8-4-3-5-9-18)22(29)12-11-20(27)25-19-10-6-7-14-23-19/h6-7,10,14,17-18H,3-5,8-9,11-13,15-16H2,1-2H3,(H,24,28)(H,23,25,27). The molecule has 0 radical (unpaired) electrons. The van der Waals surface area contributed by atoms with Crippen LogP contribution in [0.5, 0.6) is 0 Å². The van der Waals surface area contributed by atoms with Gasteiger partial charge in [0.15, 0.2) is 0 Å². The molecule has 3 amide bonds. The van der Waals surface area contributed by atoms with Gasteiger partial charge < -0.3 is 15.5 Å². The SMILES string of the molecule is CC(C)CCNC(=O)CN(C(=O)CCC(=O)Nc1ccccn1)C1CCCCC1. The highest BCUT2D eigenvalue weighted by Gasteiger charge is 2.27. The van der Waals surface area contributed by atoms with Gasteiger partial charge in [0.2, 0.25) is 17.7 Å². The lowest BCUT2D eigenvalue weighted by atomic mass is 9.94. The second kappa shape index (κ2) is 12.2. The normalized spacial score (nSPS) is 14.4. The molecule has 7 heteroatoms. The molecule has 0 unspecified atom stereocenters. The number of hydrogen-bond acceptors (Lipinski definition) is 4. The predicted octanol–water partition coefficient (Wildman–Crippen LogP) is 3.12. The maximum absolute atomic E-state index is 12.9. The minimum Gasteiger partial charge on any atom is -0.355 e. The van der Waals surface area contributed by atoms with Crippen molar-refractivity contribution in [3.8, 4) is 0 Å². The van der Waals surface area contributed by atoms with Gasteiger partial charge in [0.25, 0.3) is 0 Å². The van der Waals surface area contributed by atoms with Crippen molar-refractivity contribution in [3.05, 3.63) is 24.4 Å². The summed E-state index contributed by atoms with van der Waals surface area (Å²) in [6.45, 7) is 4.92. The Balaban J connectivity index is 1.88. The molecule has 2 rings (SSSR count). The molecule has 1 aliphatic carbocycles. The average Bonchev–Trinajstić information content (AvgIpc) is 2.71. The third-order valence-corrected chi connectivity index (χ3v) is 5.19. The van der Waals surface area contributed by atoms with Gasteiger partial charge in [-0.2, -0.15) is 0 Å². The molecule has 1 saturated carbocycles. The van der Waals surface area contributed by atoms with Crippen LogP contribution in [0.25, 0.3) is 0 Å². The van der Waals surface area contributed by atoms with E-state index in [-0.39, 0.29) is 43.1 Å². The lowest BCUT2D eigenvalue weighted by Gasteiger charge is -2.34. The van der Waals surface area contributed by atoms with Crippen molar-refractivity contribution in [3.63, 3.8) is 0 Å². The lowest BCUT2D eigenvalue weighted by Crippen LogP contribution is -2.47. The van der Waals surface area contributed by atoms with E-state index in [9.17, 15) is 14.4 Å². The Bertz CT molecular complexity index is 657. The highest BCUT2D eigenvalue weighted by Crippen LogP contribution is 2.23. The molecule has 1 heterocycles. The zero-order chi connectivity index (χ0) is 21.1. The van der Waals surface area contributed by atoms with Crippen LogP contribution in [0.3, 0.4) is 0 Å². The van der Waals surface area contributed by atoms with E-state index in [2.05, 4.69) is 29.5 Å². The molecule has 1 aliphatic rings. The summed E-state index contributed by atoms with van der Waals surface area (Å²) in [5, 5.41) is 5.61. The van der Waals surface area contributed by atoms with E-state index in [0.717, 1.165) is 32.1 Å². The minimum atomic E-state index is -0.248. The van der Waals surface area contributed by atoms with E-state index in [4.69, 9.17) is 0 Å². The van der Waals surface area contributed by atoms with Gasteiger partial charge in [-0.3, -0.25) is 14.4 Å². The molecule has 0 atom stereocenters. The summed E-state index contributed by atoms with van der Waals surface area (Å²) >= 11 is 0. The molecule has 1 aromatic heterocycles. The van der Waals surface area contributed by atoms with Gasteiger partial charge in [0.1, 0.15) is 5.82 Å². The topological polar surface area (TPSA) is 91.4 Å². The summed E-state index contributed by atoms with van der Waals surface area (Å²) in [5.74, 6) is 0.485. The average molecular weight is 403 g/mol. The quantitative estimate of drug-likeness (QED) is 0.629. The first-order valence-corrected chi connectivity index (χ1v) is 10.7. The smallest absolute Gasteiger partial charge is 0.239 e. The number of hydrogen-bond donors (Lipinski definition) is 2. The number of amides is 3. The van der Waals surface area contributed by atoms with E-state index >= 15 is 0 Å². The third kappa shape index (κ3) is 8.62. The van der Waals surface area contributed by atoms with Crippen molar-refractivity contribution in [2.24, 2.45) is 5.92 Å². The zero-order valence-electron chi connectivity index (χ0n) is 17.7. The lowest BCUT2D eigenvalue weighted by molar-refractivity contribution is -0.139. The summed E-state index contributed by atoms with van der Waals surface area (Å²) in [6, 6.07) is 5.35. The van der Waals surface area contributed by atoms with E-state index in [0.29, 0.717) is 18.3 Å². The molecular formula is C22H34N4O3. The fourth-order valence-corrected chi connectivity index (χ4v) is 3.53. The second-order valence-corrected chi connectivity index (χ2v) is 8.11. The van der Waals surface area contributed by atoms with Gasteiger partial charge in [0, 0.05) is 31.6 Å². The second-order valence-electron chi connectivity index (χ2n) is 8.11. The van der Waals surface area contributed by atoms with Gasteiger partial charge in [-0.25, -0.2) is 4.98 Å². The Morgan fingerprint density at radius 1 is 1.10 bits per heavy atom. The van der Waals surface area contributed by atoms with Crippen molar-refractivity contribution in [1.29, 1.82) is 0 Å². The summed E-state index contributed by atoms with van der Waals surface area (Å²) in [5.41, 5.74) is 0. The fourth-order valence-electron chi connectivity index (χ4n) is 3.53. The van der Waals surface area contributed by atoms with Gasteiger partial charge in [0.05, 0.1) is 6.54 Å². The van der Waals surface area contributed by atoms with Crippen LogP contribution in [-0.4, -0.2) is 46.7 Å². The van der Waals surface area contributed by atoms with Crippen molar-refractivity contribution in [2.45, 2.75) is 71.3 Å². The van der Waals surface area contributed by atoms with E-state index in [1.165, 1.54) is 6.42 Å². The Kier molecular flexibility index (Phi) is 9.60. The van der Waals surface area contributed by atoms with Gasteiger partial charge in [-0.1, -0.05) is 39.2 Å². The number of nitrogens with zero attached hydrogens (tertiary/aromatic N) is 2. The monoisotopic (exact) mass is 402 g/mol. The number of rotatable bonds is 10. The first-order chi connectivity index (χ1) is 14.0. The molecule has 160 valence electrons. The summed E-state index contributed by atoms with van der Waals surface area (Å²) in [7, 11) is 0. The van der Waals surface area contributed by atoms with Crippen LogP contribution in [0.1, 0.15) is 65.2 Å². The van der Waals surface area contributed by atoms with Crippen molar-refractivity contribution in [1.82, 2.24) is 15.2 Å². The number of aromatic nitrogens is 1. The van der Waals surface area contributed by atoms with Crippen LogP contribution in [0.2, 0.25) is 0 Å². The Labute approximate surface area is 173 Å². The predicted molar refractivity (Wildman–Crippen MR) is 113 cm³/mol. The summed E-state index contributed by atoms with van der Waals surface area (Å²) in [6.07, 6.45) is 7.84. The fraction of sp³-hybridized carbons (Fsp3) is 0.636. The molecule has 0 spiro atoms. The van der Waals surface area contributed by atoms with Crippen LogP contribution in [0.15, 0.2) is 24.4 Å². The largest absolute Gasteiger partial charge is 0.355 e. The Morgan fingerprint density at radius 2 is 1.86 bits per heavy atom. The zero-order valence-corrected chi connectivity index (χ0v) is 17.7. The highest BCUT2D eigenvalue weighted by molar-refractivity contribution is 5.93. The first-order valence-electron chi connectivity index (χ1n) is 10.7. The van der Waals surface area contributed by atoms with Gasteiger partial charge in [-0.05, 0) is 37.3 Å². The molecule has 7 nitrogen and oxygen atoms in total. The molecule has 1 fully saturated rings. The van der Waals surface area contributed by atoms with Crippen LogP contribution in [0.4, 0.5) is 5.82 Å². The van der Waals surface area contributed by atoms with Crippen molar-refractivity contribution >= 4 is 23.5 Å². The molecule has 2 N–H and O–H groups in total. The van der Waals surface area contributed by atoms with Crippen LogP contribution in [0, 0.1) is 5.92 Å². The maximum atomic E-state index is 12.9. The number of carbonyl (C=O) groups is 3. The highest BCUT2D eigenvalue weighted by atomic mass is 16.2. The number of carbonyl (C=O) groups excluding carboxylic acids is 3. The van der Waals surface area contributed by atoms with Gasteiger partial charge >= 0.3 is 0 Å². The van der Waals surface area contributed by atoms with E-state index < -0.39 is 0 Å². The van der Waals surface area contributed by atoms with Crippen LogP contribution in [-0.2, 0) is 14.4 Å². The van der Waals surface area contributed by atoms with Crippen molar-refractivity contribution < 1.29 is 14.4 Å². The Morgan fingerprint density at radius 3 is 2.52 bits per heavy atom. The first kappa shape index (κ1) is 22.8. The number of pyridine rings is 1. The number of anilines is 1. The number of nitrogens with one attached hydrogen (secondary N) is 2. The molecule has 0 aliphatic heterocycles. The minimum absolute atomic E-state index is 0.0729. The third-order valence-electron chi connectivity index (χ3n) is 5.19.